The molecule has 0 radical (unpaired) electrons. The molecule has 0 spiro atoms. The molecule has 2 rings (SSSR count). The van der Waals surface area contributed by atoms with Crippen LogP contribution >= 0.6 is 22.6 Å². The van der Waals surface area contributed by atoms with E-state index in [0.29, 0.717) is 6.04 Å². The van der Waals surface area contributed by atoms with Gasteiger partial charge in [-0.15, -0.1) is 5.10 Å². The van der Waals surface area contributed by atoms with Crippen LogP contribution in [0.4, 0.5) is 0 Å². The largest absolute Gasteiger partial charge is 0.310 e. The van der Waals surface area contributed by atoms with Crippen LogP contribution in [-0.4, -0.2) is 21.5 Å². The molecule has 0 fully saturated rings. The molecule has 0 aliphatic rings. The van der Waals surface area contributed by atoms with Crippen molar-refractivity contribution in [1.82, 2.24) is 20.3 Å². The number of halogens is 1. The zero-order chi connectivity index (χ0) is 13.0. The van der Waals surface area contributed by atoms with Gasteiger partial charge >= 0.3 is 0 Å². The van der Waals surface area contributed by atoms with Gasteiger partial charge in [-0.3, -0.25) is 4.68 Å². The maximum atomic E-state index is 4.15. The van der Waals surface area contributed by atoms with Gasteiger partial charge in [-0.2, -0.15) is 0 Å². The van der Waals surface area contributed by atoms with Crippen LogP contribution in [0.3, 0.4) is 0 Å². The summed E-state index contributed by atoms with van der Waals surface area (Å²) < 4.78 is 3.00. The summed E-state index contributed by atoms with van der Waals surface area (Å²) in [6, 6.07) is 8.91. The number of aromatic nitrogens is 3. The van der Waals surface area contributed by atoms with E-state index in [1.165, 1.54) is 9.13 Å². The van der Waals surface area contributed by atoms with Gasteiger partial charge in [-0.25, -0.2) is 0 Å². The highest BCUT2D eigenvalue weighted by Crippen LogP contribution is 2.18. The molecule has 0 amide bonds. The zero-order valence-corrected chi connectivity index (χ0v) is 12.8. The minimum absolute atomic E-state index is 0.295. The van der Waals surface area contributed by atoms with Crippen molar-refractivity contribution in [2.45, 2.75) is 19.4 Å². The summed E-state index contributed by atoms with van der Waals surface area (Å²) in [7, 11) is 1.89. The molecule has 2 aromatic rings. The molecule has 0 bridgehead atoms. The first-order chi connectivity index (χ1) is 8.69. The maximum absolute atomic E-state index is 4.15. The van der Waals surface area contributed by atoms with E-state index in [2.05, 4.69) is 69.4 Å². The summed E-state index contributed by atoms with van der Waals surface area (Å²) in [6.45, 7) is 3.06. The molecule has 0 saturated carbocycles. The third-order valence-corrected chi connectivity index (χ3v) is 3.51. The third kappa shape index (κ3) is 3.52. The molecule has 0 aliphatic heterocycles. The Hall–Kier alpha value is -0.950. The fourth-order valence-electron chi connectivity index (χ4n) is 1.95. The van der Waals surface area contributed by atoms with E-state index in [9.17, 15) is 0 Å². The van der Waals surface area contributed by atoms with Crippen LogP contribution in [0.25, 0.3) is 0 Å². The fraction of sp³-hybridized carbons (Fsp3) is 0.385. The Morgan fingerprint density at radius 1 is 1.33 bits per heavy atom. The molecule has 4 nitrogen and oxygen atoms in total. The van der Waals surface area contributed by atoms with Gasteiger partial charge < -0.3 is 5.32 Å². The van der Waals surface area contributed by atoms with Crippen LogP contribution in [-0.2, 0) is 13.5 Å². The van der Waals surface area contributed by atoms with E-state index in [0.717, 1.165) is 18.7 Å². The molecule has 1 unspecified atom stereocenters. The first-order valence-corrected chi connectivity index (χ1v) is 7.11. The minimum Gasteiger partial charge on any atom is -0.310 e. The topological polar surface area (TPSA) is 42.7 Å². The SMILES string of the molecule is CCNC(Cc1cn(C)nn1)c1ccc(I)cc1. The minimum atomic E-state index is 0.295. The molecule has 1 atom stereocenters. The number of nitrogens with zero attached hydrogens (tertiary/aromatic N) is 3. The summed E-state index contributed by atoms with van der Waals surface area (Å²) in [5.74, 6) is 0. The smallest absolute Gasteiger partial charge is 0.0845 e. The van der Waals surface area contributed by atoms with Crippen LogP contribution < -0.4 is 5.32 Å². The average Bonchev–Trinajstić information content (AvgIpc) is 2.75. The van der Waals surface area contributed by atoms with E-state index >= 15 is 0 Å². The first-order valence-electron chi connectivity index (χ1n) is 6.03. The summed E-state index contributed by atoms with van der Waals surface area (Å²) in [6.07, 6.45) is 2.83. The van der Waals surface area contributed by atoms with Gasteiger partial charge in [-0.1, -0.05) is 24.3 Å². The lowest BCUT2D eigenvalue weighted by molar-refractivity contribution is 0.543. The highest BCUT2D eigenvalue weighted by molar-refractivity contribution is 14.1. The summed E-state index contributed by atoms with van der Waals surface area (Å²) >= 11 is 2.32. The second-order valence-corrected chi connectivity index (χ2v) is 5.50. The second kappa shape index (κ2) is 6.29. The van der Waals surface area contributed by atoms with Crippen molar-refractivity contribution in [2.24, 2.45) is 7.05 Å². The molecule has 18 heavy (non-hydrogen) atoms. The van der Waals surface area contributed by atoms with Crippen molar-refractivity contribution in [3.63, 3.8) is 0 Å². The Morgan fingerprint density at radius 2 is 2.06 bits per heavy atom. The number of aryl methyl sites for hydroxylation is 1. The van der Waals surface area contributed by atoms with E-state index in [4.69, 9.17) is 0 Å². The van der Waals surface area contributed by atoms with Crippen LogP contribution in [0.5, 0.6) is 0 Å². The third-order valence-electron chi connectivity index (χ3n) is 2.79. The van der Waals surface area contributed by atoms with E-state index < -0.39 is 0 Å². The van der Waals surface area contributed by atoms with Crippen molar-refractivity contribution in [1.29, 1.82) is 0 Å². The molecular formula is C13H17IN4. The van der Waals surface area contributed by atoms with Crippen LogP contribution in [0, 0.1) is 3.57 Å². The molecule has 1 aromatic carbocycles. The van der Waals surface area contributed by atoms with Crippen molar-refractivity contribution in [2.75, 3.05) is 6.54 Å². The maximum Gasteiger partial charge on any atom is 0.0845 e. The molecule has 96 valence electrons. The lowest BCUT2D eigenvalue weighted by Crippen LogP contribution is -2.23. The number of hydrogen-bond acceptors (Lipinski definition) is 3. The Morgan fingerprint density at radius 3 is 2.61 bits per heavy atom. The van der Waals surface area contributed by atoms with Crippen molar-refractivity contribution >= 4 is 22.6 Å². The number of benzene rings is 1. The predicted molar refractivity (Wildman–Crippen MR) is 80.3 cm³/mol. The van der Waals surface area contributed by atoms with Crippen molar-refractivity contribution in [3.05, 3.63) is 45.3 Å². The Bertz CT molecular complexity index is 492. The van der Waals surface area contributed by atoms with Crippen molar-refractivity contribution < 1.29 is 0 Å². The highest BCUT2D eigenvalue weighted by atomic mass is 127. The van der Waals surface area contributed by atoms with Crippen LogP contribution in [0.1, 0.15) is 24.2 Å². The monoisotopic (exact) mass is 356 g/mol. The number of likely N-dealkylation sites (N-methyl/N-ethyl adjacent to an activating group) is 1. The average molecular weight is 356 g/mol. The number of nitrogens with one attached hydrogen (secondary N) is 1. The van der Waals surface area contributed by atoms with E-state index in [1.807, 2.05) is 13.2 Å². The van der Waals surface area contributed by atoms with Gasteiger partial charge in [0.15, 0.2) is 0 Å². The number of rotatable bonds is 5. The molecule has 1 aromatic heterocycles. The van der Waals surface area contributed by atoms with Crippen LogP contribution in [0.2, 0.25) is 0 Å². The summed E-state index contributed by atoms with van der Waals surface area (Å²) in [5.41, 5.74) is 2.31. The quantitative estimate of drug-likeness (QED) is 0.837. The molecule has 5 heteroatoms. The van der Waals surface area contributed by atoms with Crippen molar-refractivity contribution in [3.8, 4) is 0 Å². The van der Waals surface area contributed by atoms with Gasteiger partial charge in [0.25, 0.3) is 0 Å². The Balaban J connectivity index is 2.14. The summed E-state index contributed by atoms with van der Waals surface area (Å²) in [5, 5.41) is 11.6. The lowest BCUT2D eigenvalue weighted by Gasteiger charge is -2.17. The molecule has 0 aliphatic carbocycles. The van der Waals surface area contributed by atoms with Gasteiger partial charge in [0, 0.05) is 29.3 Å². The van der Waals surface area contributed by atoms with Gasteiger partial charge in [0.05, 0.1) is 5.69 Å². The normalized spacial score (nSPS) is 12.6. The number of hydrogen-bond donors (Lipinski definition) is 1. The Labute approximate surface area is 121 Å². The van der Waals surface area contributed by atoms with E-state index in [1.54, 1.807) is 4.68 Å². The predicted octanol–water partition coefficient (Wildman–Crippen LogP) is 2.31. The van der Waals surface area contributed by atoms with Gasteiger partial charge in [0.2, 0.25) is 0 Å². The molecule has 0 saturated heterocycles. The molecular weight excluding hydrogens is 339 g/mol. The zero-order valence-electron chi connectivity index (χ0n) is 10.6. The highest BCUT2D eigenvalue weighted by Gasteiger charge is 2.12. The summed E-state index contributed by atoms with van der Waals surface area (Å²) in [4.78, 5) is 0. The van der Waals surface area contributed by atoms with Crippen LogP contribution in [0.15, 0.2) is 30.5 Å². The second-order valence-electron chi connectivity index (χ2n) is 4.25. The first kappa shape index (κ1) is 13.5. The fourth-order valence-corrected chi connectivity index (χ4v) is 2.31. The van der Waals surface area contributed by atoms with E-state index in [-0.39, 0.29) is 0 Å². The standard InChI is InChI=1S/C13H17IN4/c1-3-15-13(8-12-9-18(2)17-16-12)10-4-6-11(14)7-5-10/h4-7,9,13,15H,3,8H2,1-2H3. The van der Waals surface area contributed by atoms with Gasteiger partial charge in [-0.05, 0) is 46.8 Å². The van der Waals surface area contributed by atoms with Gasteiger partial charge in [0.1, 0.15) is 0 Å². The molecule has 1 N–H and O–H groups in total. The molecule has 1 heterocycles. The lowest BCUT2D eigenvalue weighted by atomic mass is 10.0. The Kier molecular flexibility index (Phi) is 4.71.